The minimum atomic E-state index is 0.00286. The number of nitrogens with one attached hydrogen (secondary N) is 1. The maximum Gasteiger partial charge on any atom is 0.133 e. The van der Waals surface area contributed by atoms with Crippen molar-refractivity contribution in [1.82, 2.24) is 9.97 Å². The molecule has 5 heteroatoms. The van der Waals surface area contributed by atoms with E-state index < -0.39 is 0 Å². The number of hydrogen-bond donors (Lipinski definition) is 3. The van der Waals surface area contributed by atoms with Gasteiger partial charge in [0.1, 0.15) is 17.5 Å². The van der Waals surface area contributed by atoms with Gasteiger partial charge in [-0.1, -0.05) is 26.2 Å². The number of nitrogens with two attached hydrogens (primary N) is 1. The number of aromatic nitrogens is 2. The molecule has 1 aliphatic carbocycles. The van der Waals surface area contributed by atoms with Crippen LogP contribution in [0.3, 0.4) is 0 Å². The number of nitrogens with zero attached hydrogens (tertiary/aromatic N) is 2. The van der Waals surface area contributed by atoms with Crippen LogP contribution < -0.4 is 11.1 Å². The van der Waals surface area contributed by atoms with Crippen LogP contribution in [-0.4, -0.2) is 28.2 Å². The van der Waals surface area contributed by atoms with Gasteiger partial charge in [-0.2, -0.15) is 0 Å². The predicted molar refractivity (Wildman–Crippen MR) is 81.5 cm³/mol. The molecule has 5 nitrogen and oxygen atoms in total. The van der Waals surface area contributed by atoms with Gasteiger partial charge in [-0.3, -0.25) is 0 Å². The number of aryl methyl sites for hydroxylation is 1. The first kappa shape index (κ1) is 15.0. The fourth-order valence-electron chi connectivity index (χ4n) is 2.91. The van der Waals surface area contributed by atoms with E-state index in [0.717, 1.165) is 43.9 Å². The summed E-state index contributed by atoms with van der Waals surface area (Å²) in [5, 5.41) is 13.1. The van der Waals surface area contributed by atoms with Crippen LogP contribution in [0, 0.1) is 5.41 Å². The highest BCUT2D eigenvalue weighted by Crippen LogP contribution is 2.35. The molecule has 1 aromatic heterocycles. The van der Waals surface area contributed by atoms with Crippen LogP contribution in [0.25, 0.3) is 0 Å². The Hall–Kier alpha value is -1.36. The SMILES string of the molecule is CCCc1nc(N)cc(NCC2(CO)CCCCC2)n1. The number of rotatable bonds is 6. The highest BCUT2D eigenvalue weighted by Gasteiger charge is 2.31. The van der Waals surface area contributed by atoms with Crippen molar-refractivity contribution in [3.63, 3.8) is 0 Å². The molecule has 1 fully saturated rings. The molecule has 1 aromatic rings. The summed E-state index contributed by atoms with van der Waals surface area (Å²) in [6, 6.07) is 1.77. The van der Waals surface area contributed by atoms with Gasteiger partial charge in [0, 0.05) is 24.4 Å². The standard InChI is InChI=1S/C15H26N4O/c1-2-6-13-18-12(16)9-14(19-13)17-10-15(11-20)7-4-3-5-8-15/h9,20H,2-8,10-11H2,1H3,(H3,16,17,18,19). The van der Waals surface area contributed by atoms with Crippen molar-refractivity contribution in [1.29, 1.82) is 0 Å². The van der Waals surface area contributed by atoms with E-state index in [0.29, 0.717) is 5.82 Å². The van der Waals surface area contributed by atoms with E-state index in [1.54, 1.807) is 6.07 Å². The second-order valence-electron chi connectivity index (χ2n) is 5.92. The normalized spacial score (nSPS) is 17.9. The fourth-order valence-corrected chi connectivity index (χ4v) is 2.91. The molecule has 0 aromatic carbocycles. The number of aliphatic hydroxyl groups excluding tert-OH is 1. The third-order valence-corrected chi connectivity index (χ3v) is 4.16. The summed E-state index contributed by atoms with van der Waals surface area (Å²) >= 11 is 0. The first-order valence-electron chi connectivity index (χ1n) is 7.66. The zero-order valence-corrected chi connectivity index (χ0v) is 12.4. The lowest BCUT2D eigenvalue weighted by Crippen LogP contribution is -2.35. The largest absolute Gasteiger partial charge is 0.396 e. The number of hydrogen-bond acceptors (Lipinski definition) is 5. The van der Waals surface area contributed by atoms with Crippen LogP contribution in [0.2, 0.25) is 0 Å². The van der Waals surface area contributed by atoms with Crippen LogP contribution in [-0.2, 0) is 6.42 Å². The number of nitrogen functional groups attached to an aromatic ring is 1. The van der Waals surface area contributed by atoms with Gasteiger partial charge in [-0.05, 0) is 19.3 Å². The molecule has 1 saturated carbocycles. The van der Waals surface area contributed by atoms with Crippen LogP contribution in [0.15, 0.2) is 6.07 Å². The summed E-state index contributed by atoms with van der Waals surface area (Å²) in [7, 11) is 0. The predicted octanol–water partition coefficient (Wildman–Crippen LogP) is 2.37. The van der Waals surface area contributed by atoms with Crippen LogP contribution in [0.4, 0.5) is 11.6 Å². The van der Waals surface area contributed by atoms with E-state index in [9.17, 15) is 5.11 Å². The molecule has 0 saturated heterocycles. The van der Waals surface area contributed by atoms with E-state index in [4.69, 9.17) is 5.73 Å². The maximum atomic E-state index is 9.72. The van der Waals surface area contributed by atoms with Gasteiger partial charge in [0.05, 0.1) is 6.61 Å². The van der Waals surface area contributed by atoms with Crippen molar-refractivity contribution in [2.45, 2.75) is 51.9 Å². The van der Waals surface area contributed by atoms with Crippen molar-refractivity contribution in [2.75, 3.05) is 24.2 Å². The fraction of sp³-hybridized carbons (Fsp3) is 0.733. The monoisotopic (exact) mass is 278 g/mol. The Morgan fingerprint density at radius 1 is 1.30 bits per heavy atom. The molecule has 0 bridgehead atoms. The van der Waals surface area contributed by atoms with Gasteiger partial charge < -0.3 is 16.2 Å². The smallest absolute Gasteiger partial charge is 0.133 e. The first-order chi connectivity index (χ1) is 9.67. The van der Waals surface area contributed by atoms with Crippen LogP contribution in [0.1, 0.15) is 51.3 Å². The molecule has 2 rings (SSSR count). The molecule has 0 aliphatic heterocycles. The third kappa shape index (κ3) is 3.82. The van der Waals surface area contributed by atoms with E-state index >= 15 is 0 Å². The zero-order chi connectivity index (χ0) is 14.4. The zero-order valence-electron chi connectivity index (χ0n) is 12.4. The van der Waals surface area contributed by atoms with E-state index in [1.807, 2.05) is 0 Å². The minimum absolute atomic E-state index is 0.00286. The molecular formula is C15H26N4O. The Kier molecular flexibility index (Phi) is 5.17. The maximum absolute atomic E-state index is 9.72. The molecule has 112 valence electrons. The van der Waals surface area contributed by atoms with E-state index in [1.165, 1.54) is 19.3 Å². The number of aliphatic hydroxyl groups is 1. The van der Waals surface area contributed by atoms with Gasteiger partial charge in [0.2, 0.25) is 0 Å². The van der Waals surface area contributed by atoms with Crippen molar-refractivity contribution < 1.29 is 5.11 Å². The van der Waals surface area contributed by atoms with Gasteiger partial charge in [0.15, 0.2) is 0 Å². The minimum Gasteiger partial charge on any atom is -0.396 e. The Morgan fingerprint density at radius 3 is 2.70 bits per heavy atom. The quantitative estimate of drug-likeness (QED) is 0.744. The lowest BCUT2D eigenvalue weighted by atomic mass is 9.74. The lowest BCUT2D eigenvalue weighted by molar-refractivity contribution is 0.0943. The molecule has 20 heavy (non-hydrogen) atoms. The van der Waals surface area contributed by atoms with Crippen molar-refractivity contribution in [2.24, 2.45) is 5.41 Å². The summed E-state index contributed by atoms with van der Waals surface area (Å²) < 4.78 is 0. The molecule has 1 aliphatic rings. The molecule has 1 heterocycles. The Labute approximate surface area is 121 Å². The average Bonchev–Trinajstić information content (AvgIpc) is 2.46. The van der Waals surface area contributed by atoms with E-state index in [-0.39, 0.29) is 12.0 Å². The van der Waals surface area contributed by atoms with Gasteiger partial charge >= 0.3 is 0 Å². The van der Waals surface area contributed by atoms with Gasteiger partial charge in [-0.15, -0.1) is 0 Å². The Bertz CT molecular complexity index is 430. The highest BCUT2D eigenvalue weighted by atomic mass is 16.3. The molecule has 0 amide bonds. The summed E-state index contributed by atoms with van der Waals surface area (Å²) in [5.41, 5.74) is 5.83. The number of anilines is 2. The van der Waals surface area contributed by atoms with Gasteiger partial charge in [-0.25, -0.2) is 9.97 Å². The summed E-state index contributed by atoms with van der Waals surface area (Å²) in [4.78, 5) is 8.72. The van der Waals surface area contributed by atoms with Crippen LogP contribution in [0.5, 0.6) is 0 Å². The Morgan fingerprint density at radius 2 is 2.05 bits per heavy atom. The second-order valence-corrected chi connectivity index (χ2v) is 5.92. The van der Waals surface area contributed by atoms with E-state index in [2.05, 4.69) is 22.2 Å². The lowest BCUT2D eigenvalue weighted by Gasteiger charge is -2.35. The first-order valence-corrected chi connectivity index (χ1v) is 7.66. The summed E-state index contributed by atoms with van der Waals surface area (Å²) in [6.07, 6.45) is 7.69. The van der Waals surface area contributed by atoms with Crippen molar-refractivity contribution in [3.8, 4) is 0 Å². The molecule has 0 atom stereocenters. The molecule has 4 N–H and O–H groups in total. The topological polar surface area (TPSA) is 84.1 Å². The third-order valence-electron chi connectivity index (χ3n) is 4.16. The van der Waals surface area contributed by atoms with Crippen molar-refractivity contribution >= 4 is 11.6 Å². The van der Waals surface area contributed by atoms with Crippen LogP contribution >= 0.6 is 0 Å². The highest BCUT2D eigenvalue weighted by molar-refractivity contribution is 5.44. The molecule has 0 spiro atoms. The summed E-state index contributed by atoms with van der Waals surface area (Å²) in [5.74, 6) is 2.07. The second kappa shape index (κ2) is 6.88. The molecule has 0 unspecified atom stereocenters. The Balaban J connectivity index is 2.02. The van der Waals surface area contributed by atoms with Crippen molar-refractivity contribution in [3.05, 3.63) is 11.9 Å². The molecular weight excluding hydrogens is 252 g/mol. The molecule has 0 radical (unpaired) electrons. The van der Waals surface area contributed by atoms with Gasteiger partial charge in [0.25, 0.3) is 0 Å². The average molecular weight is 278 g/mol. The summed E-state index contributed by atoms with van der Waals surface area (Å²) in [6.45, 7) is 3.09.